The summed E-state index contributed by atoms with van der Waals surface area (Å²) in [4.78, 5) is 22.6. The van der Waals surface area contributed by atoms with Gasteiger partial charge in [0.05, 0.1) is 5.69 Å². The number of ether oxygens (including phenoxy) is 1. The quantitative estimate of drug-likeness (QED) is 0.170. The van der Waals surface area contributed by atoms with Gasteiger partial charge in [-0.25, -0.2) is 4.98 Å². The van der Waals surface area contributed by atoms with Crippen LogP contribution in [-0.2, 0) is 30.8 Å². The van der Waals surface area contributed by atoms with Gasteiger partial charge in [-0.05, 0) is 47.4 Å². The lowest BCUT2D eigenvalue weighted by Gasteiger charge is -2.22. The second-order valence-electron chi connectivity index (χ2n) is 9.52. The van der Waals surface area contributed by atoms with Crippen LogP contribution in [0.15, 0.2) is 109 Å². The summed E-state index contributed by atoms with van der Waals surface area (Å²) >= 11 is 1.67. The van der Waals surface area contributed by atoms with E-state index >= 15 is 0 Å². The van der Waals surface area contributed by atoms with Gasteiger partial charge < -0.3 is 14.7 Å². The Morgan fingerprint density at radius 1 is 0.825 bits per heavy atom. The maximum atomic E-state index is 10.8. The molecule has 0 amide bonds. The highest BCUT2D eigenvalue weighted by Gasteiger charge is 2.14. The monoisotopic (exact) mass is 549 g/mol. The molecule has 3 aromatic carbocycles. The summed E-state index contributed by atoms with van der Waals surface area (Å²) < 4.78 is 5.95. The molecule has 0 bridgehead atoms. The first-order chi connectivity index (χ1) is 19.6. The van der Waals surface area contributed by atoms with Gasteiger partial charge in [-0.15, -0.1) is 11.3 Å². The molecule has 0 spiro atoms. The number of aromatic nitrogens is 2. The molecule has 5 rings (SSSR count). The van der Waals surface area contributed by atoms with Crippen LogP contribution in [0.2, 0.25) is 0 Å². The number of carboxylic acids is 1. The van der Waals surface area contributed by atoms with Crippen LogP contribution >= 0.6 is 11.3 Å². The predicted octanol–water partition coefficient (Wildman–Crippen LogP) is 7.05. The number of hydrogen-bond acceptors (Lipinski definition) is 6. The molecule has 6 nitrogen and oxygen atoms in total. The zero-order valence-electron chi connectivity index (χ0n) is 22.1. The smallest absolute Gasteiger partial charge is 0.303 e. The second-order valence-corrected chi connectivity index (χ2v) is 10.4. The molecule has 40 heavy (non-hydrogen) atoms. The van der Waals surface area contributed by atoms with E-state index in [9.17, 15) is 4.79 Å². The summed E-state index contributed by atoms with van der Waals surface area (Å²) in [6.07, 6.45) is 3.32. The van der Waals surface area contributed by atoms with Crippen molar-refractivity contribution in [3.8, 4) is 17.0 Å². The molecule has 0 saturated carbocycles. The number of aryl methyl sites for hydroxylation is 1. The zero-order valence-corrected chi connectivity index (χ0v) is 23.0. The SMILES string of the molecule is O=C(O)CCc1ccc(OCc2ccc(CN(CCc3ccccn3)c3nc(-c4ccccc4)cs3)cc2)cc1. The van der Waals surface area contributed by atoms with Gasteiger partial charge in [0.15, 0.2) is 5.13 Å². The summed E-state index contributed by atoms with van der Waals surface area (Å²) in [5.41, 5.74) is 6.45. The number of benzene rings is 3. The Labute approximate surface area is 238 Å². The number of carbonyl (C=O) groups is 1. The third kappa shape index (κ3) is 7.77. The van der Waals surface area contributed by atoms with Crippen molar-refractivity contribution in [3.63, 3.8) is 0 Å². The van der Waals surface area contributed by atoms with Crippen LogP contribution in [0, 0.1) is 0 Å². The molecule has 1 N–H and O–H groups in total. The van der Waals surface area contributed by atoms with Gasteiger partial charge >= 0.3 is 5.97 Å². The number of anilines is 1. The van der Waals surface area contributed by atoms with E-state index in [4.69, 9.17) is 14.8 Å². The lowest BCUT2D eigenvalue weighted by atomic mass is 10.1. The molecule has 0 aliphatic heterocycles. The summed E-state index contributed by atoms with van der Waals surface area (Å²) in [7, 11) is 0. The lowest BCUT2D eigenvalue weighted by Crippen LogP contribution is -2.25. The molecule has 0 aliphatic rings. The van der Waals surface area contributed by atoms with Crippen LogP contribution in [-0.4, -0.2) is 27.6 Å². The third-order valence-electron chi connectivity index (χ3n) is 6.55. The molecule has 0 atom stereocenters. The second kappa shape index (κ2) is 13.5. The summed E-state index contributed by atoms with van der Waals surface area (Å²) in [6.45, 7) is 2.02. The van der Waals surface area contributed by atoms with Crippen molar-refractivity contribution in [1.29, 1.82) is 0 Å². The van der Waals surface area contributed by atoms with Crippen LogP contribution in [0.25, 0.3) is 11.3 Å². The molecule has 0 radical (unpaired) electrons. The molecule has 7 heteroatoms. The number of carboxylic acid groups (broad SMARTS) is 1. The molecule has 2 heterocycles. The van der Waals surface area contributed by atoms with Crippen LogP contribution in [0.1, 0.15) is 28.8 Å². The first-order valence-electron chi connectivity index (χ1n) is 13.3. The molecule has 0 saturated heterocycles. The highest BCUT2D eigenvalue weighted by atomic mass is 32.1. The standard InChI is InChI=1S/C33H31N3O3S/c37-32(38)18-15-25-13-16-30(17-14-25)39-23-27-11-9-26(10-12-27)22-36(21-19-29-8-4-5-20-34-29)33-35-31(24-40-33)28-6-2-1-3-7-28/h1-14,16-17,20,24H,15,18-19,21-23H2,(H,37,38). The lowest BCUT2D eigenvalue weighted by molar-refractivity contribution is -0.136. The average Bonchev–Trinajstić information content (AvgIpc) is 3.50. The number of aliphatic carboxylic acids is 1. The van der Waals surface area contributed by atoms with Gasteiger partial charge in [-0.1, -0.05) is 72.8 Å². The van der Waals surface area contributed by atoms with E-state index in [1.54, 1.807) is 11.3 Å². The number of pyridine rings is 1. The van der Waals surface area contributed by atoms with E-state index in [1.165, 1.54) is 5.56 Å². The van der Waals surface area contributed by atoms with Gasteiger partial charge in [-0.2, -0.15) is 0 Å². The Hall–Kier alpha value is -4.49. The van der Waals surface area contributed by atoms with E-state index in [0.717, 1.165) is 58.5 Å². The summed E-state index contributed by atoms with van der Waals surface area (Å²) in [6, 6.07) is 32.4. The fraction of sp³-hybridized carbons (Fsp3) is 0.182. The summed E-state index contributed by atoms with van der Waals surface area (Å²) in [5, 5.41) is 12.0. The fourth-order valence-electron chi connectivity index (χ4n) is 4.32. The maximum absolute atomic E-state index is 10.8. The molecule has 5 aromatic rings. The van der Waals surface area contributed by atoms with E-state index in [2.05, 4.69) is 57.7 Å². The van der Waals surface area contributed by atoms with E-state index in [1.807, 2.05) is 60.8 Å². The topological polar surface area (TPSA) is 75.6 Å². The van der Waals surface area contributed by atoms with Crippen LogP contribution < -0.4 is 9.64 Å². The fourth-order valence-corrected chi connectivity index (χ4v) is 5.18. The van der Waals surface area contributed by atoms with Crippen molar-refractivity contribution in [2.75, 3.05) is 11.4 Å². The van der Waals surface area contributed by atoms with Crippen molar-refractivity contribution in [2.24, 2.45) is 0 Å². The van der Waals surface area contributed by atoms with Crippen LogP contribution in [0.5, 0.6) is 5.75 Å². The normalized spacial score (nSPS) is 10.8. The number of thiazole rings is 1. The molecule has 0 unspecified atom stereocenters. The van der Waals surface area contributed by atoms with Gasteiger partial charge in [-0.3, -0.25) is 9.78 Å². The Morgan fingerprint density at radius 2 is 1.55 bits per heavy atom. The van der Waals surface area contributed by atoms with Gasteiger partial charge in [0.25, 0.3) is 0 Å². The Bertz CT molecular complexity index is 1490. The highest BCUT2D eigenvalue weighted by molar-refractivity contribution is 7.14. The van der Waals surface area contributed by atoms with E-state index in [0.29, 0.717) is 13.0 Å². The Balaban J connectivity index is 1.22. The number of rotatable bonds is 13. The highest BCUT2D eigenvalue weighted by Crippen LogP contribution is 2.28. The van der Waals surface area contributed by atoms with Crippen molar-refractivity contribution in [1.82, 2.24) is 9.97 Å². The molecule has 0 aliphatic carbocycles. The predicted molar refractivity (Wildman–Crippen MR) is 160 cm³/mol. The third-order valence-corrected chi connectivity index (χ3v) is 7.45. The van der Waals surface area contributed by atoms with Crippen LogP contribution in [0.4, 0.5) is 5.13 Å². The summed E-state index contributed by atoms with van der Waals surface area (Å²) in [5.74, 6) is -0.0227. The van der Waals surface area contributed by atoms with Gasteiger partial charge in [0.2, 0.25) is 0 Å². The first kappa shape index (κ1) is 27.1. The molecule has 2 aromatic heterocycles. The maximum Gasteiger partial charge on any atom is 0.303 e. The van der Waals surface area contributed by atoms with Gasteiger partial charge in [0, 0.05) is 48.8 Å². The number of hydrogen-bond donors (Lipinski definition) is 1. The van der Waals surface area contributed by atoms with Gasteiger partial charge in [0.1, 0.15) is 12.4 Å². The van der Waals surface area contributed by atoms with Crippen molar-refractivity contribution in [3.05, 3.63) is 131 Å². The Kier molecular flexibility index (Phi) is 9.17. The van der Waals surface area contributed by atoms with Crippen molar-refractivity contribution in [2.45, 2.75) is 32.4 Å². The first-order valence-corrected chi connectivity index (χ1v) is 14.2. The zero-order chi connectivity index (χ0) is 27.6. The average molecular weight is 550 g/mol. The molecular weight excluding hydrogens is 518 g/mol. The largest absolute Gasteiger partial charge is 0.489 e. The van der Waals surface area contributed by atoms with E-state index < -0.39 is 5.97 Å². The molecule has 202 valence electrons. The Morgan fingerprint density at radius 3 is 2.27 bits per heavy atom. The number of nitrogens with zero attached hydrogens (tertiary/aromatic N) is 3. The minimum Gasteiger partial charge on any atom is -0.489 e. The van der Waals surface area contributed by atoms with Crippen molar-refractivity contribution < 1.29 is 14.6 Å². The minimum absolute atomic E-state index is 0.129. The van der Waals surface area contributed by atoms with Crippen LogP contribution in [0.3, 0.4) is 0 Å². The van der Waals surface area contributed by atoms with Crippen molar-refractivity contribution >= 4 is 22.4 Å². The minimum atomic E-state index is -0.788. The molecule has 0 fully saturated rings. The molecular formula is C33H31N3O3S. The van der Waals surface area contributed by atoms with E-state index in [-0.39, 0.29) is 6.42 Å².